The van der Waals surface area contributed by atoms with E-state index in [-0.39, 0.29) is 0 Å². The second kappa shape index (κ2) is 6.03. The summed E-state index contributed by atoms with van der Waals surface area (Å²) in [5.41, 5.74) is 1.48. The molecule has 0 fully saturated rings. The summed E-state index contributed by atoms with van der Waals surface area (Å²) in [5.74, 6) is 0.626. The van der Waals surface area contributed by atoms with E-state index in [0.717, 1.165) is 10.0 Å². The number of halogens is 2. The predicted molar refractivity (Wildman–Crippen MR) is 75.1 cm³/mol. The lowest BCUT2D eigenvalue weighted by Gasteiger charge is -2.07. The van der Waals surface area contributed by atoms with Crippen molar-refractivity contribution in [1.82, 2.24) is 0 Å². The molecule has 0 spiro atoms. The van der Waals surface area contributed by atoms with Crippen LogP contribution in [-0.2, 0) is 6.61 Å². The van der Waals surface area contributed by atoms with E-state index in [2.05, 4.69) is 15.9 Å². The number of hydrogen-bond donors (Lipinski definition) is 0. The lowest BCUT2D eigenvalue weighted by atomic mass is 10.2. The molecule has 92 valence electrons. The summed E-state index contributed by atoms with van der Waals surface area (Å²) < 4.78 is 6.61. The Labute approximate surface area is 119 Å². The van der Waals surface area contributed by atoms with Crippen molar-refractivity contribution in [3.8, 4) is 5.75 Å². The molecular formula is C14H10BrClO2. The quantitative estimate of drug-likeness (QED) is 0.778. The first-order chi connectivity index (χ1) is 8.65. The Bertz CT molecular complexity index is 569. The highest BCUT2D eigenvalue weighted by molar-refractivity contribution is 9.10. The van der Waals surface area contributed by atoms with Crippen LogP contribution in [0.25, 0.3) is 0 Å². The van der Waals surface area contributed by atoms with Crippen LogP contribution in [-0.4, -0.2) is 5.24 Å². The number of ether oxygens (including phenoxy) is 1. The van der Waals surface area contributed by atoms with Crippen molar-refractivity contribution < 1.29 is 9.53 Å². The van der Waals surface area contributed by atoms with Gasteiger partial charge in [-0.2, -0.15) is 0 Å². The average molecular weight is 326 g/mol. The molecular weight excluding hydrogens is 316 g/mol. The van der Waals surface area contributed by atoms with Crippen molar-refractivity contribution in [3.05, 3.63) is 64.1 Å². The molecule has 0 saturated carbocycles. The zero-order valence-corrected chi connectivity index (χ0v) is 11.7. The van der Waals surface area contributed by atoms with Crippen LogP contribution in [0.3, 0.4) is 0 Å². The maximum Gasteiger partial charge on any atom is 0.252 e. The molecule has 2 aromatic rings. The van der Waals surface area contributed by atoms with E-state index in [1.165, 1.54) is 0 Å². The fourth-order valence-electron chi connectivity index (χ4n) is 1.50. The van der Waals surface area contributed by atoms with Gasteiger partial charge >= 0.3 is 0 Å². The molecule has 0 aliphatic carbocycles. The molecule has 2 aromatic carbocycles. The van der Waals surface area contributed by atoms with Crippen LogP contribution in [0.1, 0.15) is 15.9 Å². The van der Waals surface area contributed by atoms with E-state index in [4.69, 9.17) is 16.3 Å². The van der Waals surface area contributed by atoms with Gasteiger partial charge in [-0.3, -0.25) is 4.79 Å². The van der Waals surface area contributed by atoms with Crippen LogP contribution in [0, 0.1) is 0 Å². The summed E-state index contributed by atoms with van der Waals surface area (Å²) in [5, 5.41) is -0.483. The van der Waals surface area contributed by atoms with Crippen molar-refractivity contribution in [3.63, 3.8) is 0 Å². The van der Waals surface area contributed by atoms with E-state index in [9.17, 15) is 4.79 Å². The predicted octanol–water partition coefficient (Wildman–Crippen LogP) is 4.41. The van der Waals surface area contributed by atoms with Crippen LogP contribution in [0.5, 0.6) is 5.75 Å². The number of benzene rings is 2. The molecule has 0 aliphatic rings. The van der Waals surface area contributed by atoms with Gasteiger partial charge in [-0.05, 0) is 47.5 Å². The molecule has 0 radical (unpaired) electrons. The van der Waals surface area contributed by atoms with Gasteiger partial charge in [0.1, 0.15) is 12.4 Å². The van der Waals surface area contributed by atoms with E-state index < -0.39 is 5.24 Å². The van der Waals surface area contributed by atoms with Crippen molar-refractivity contribution >= 4 is 32.8 Å². The van der Waals surface area contributed by atoms with Gasteiger partial charge in [0.2, 0.25) is 0 Å². The molecule has 0 aromatic heterocycles. The number of carbonyl (C=O) groups excluding carboxylic acids is 1. The summed E-state index contributed by atoms with van der Waals surface area (Å²) >= 11 is 8.81. The molecule has 0 heterocycles. The molecule has 0 saturated heterocycles. The lowest BCUT2D eigenvalue weighted by molar-refractivity contribution is 0.108. The van der Waals surface area contributed by atoms with Gasteiger partial charge in [-0.25, -0.2) is 0 Å². The third-order valence-corrected chi connectivity index (χ3v) is 3.07. The Morgan fingerprint density at radius 3 is 2.67 bits per heavy atom. The Morgan fingerprint density at radius 2 is 1.94 bits per heavy atom. The molecule has 0 unspecified atom stereocenters. The second-order valence-electron chi connectivity index (χ2n) is 3.72. The fraction of sp³-hybridized carbons (Fsp3) is 0.0714. The summed E-state index contributed by atoms with van der Waals surface area (Å²) in [6, 6.07) is 14.7. The van der Waals surface area contributed by atoms with E-state index in [1.54, 1.807) is 24.3 Å². The smallest absolute Gasteiger partial charge is 0.252 e. The van der Waals surface area contributed by atoms with Crippen LogP contribution in [0.4, 0.5) is 0 Å². The summed E-state index contributed by atoms with van der Waals surface area (Å²) in [4.78, 5) is 11.0. The van der Waals surface area contributed by atoms with Crippen molar-refractivity contribution in [2.75, 3.05) is 0 Å². The molecule has 4 heteroatoms. The SMILES string of the molecule is O=C(Cl)c1cccc(OCc2cccc(Br)c2)c1. The molecule has 0 bridgehead atoms. The van der Waals surface area contributed by atoms with Crippen LogP contribution >= 0.6 is 27.5 Å². The van der Waals surface area contributed by atoms with Crippen LogP contribution in [0.2, 0.25) is 0 Å². The zero-order valence-electron chi connectivity index (χ0n) is 9.40. The van der Waals surface area contributed by atoms with Crippen molar-refractivity contribution in [1.29, 1.82) is 0 Å². The van der Waals surface area contributed by atoms with Gasteiger partial charge in [-0.15, -0.1) is 0 Å². The normalized spacial score (nSPS) is 10.1. The summed E-state index contributed by atoms with van der Waals surface area (Å²) in [7, 11) is 0. The molecule has 0 N–H and O–H groups in total. The molecule has 18 heavy (non-hydrogen) atoms. The standard InChI is InChI=1S/C14H10BrClO2/c15-12-5-1-3-10(7-12)9-18-13-6-2-4-11(8-13)14(16)17/h1-8H,9H2. The number of hydrogen-bond acceptors (Lipinski definition) is 2. The number of carbonyl (C=O) groups is 1. The fourth-order valence-corrected chi connectivity index (χ4v) is 2.07. The first-order valence-corrected chi connectivity index (χ1v) is 6.49. The van der Waals surface area contributed by atoms with Crippen LogP contribution in [0.15, 0.2) is 53.0 Å². The highest BCUT2D eigenvalue weighted by atomic mass is 79.9. The third-order valence-electron chi connectivity index (χ3n) is 2.36. The minimum atomic E-state index is -0.483. The monoisotopic (exact) mass is 324 g/mol. The maximum atomic E-state index is 11.0. The molecule has 0 atom stereocenters. The summed E-state index contributed by atoms with van der Waals surface area (Å²) in [6.07, 6.45) is 0. The zero-order chi connectivity index (χ0) is 13.0. The van der Waals surface area contributed by atoms with Gasteiger partial charge in [0.25, 0.3) is 5.24 Å². The van der Waals surface area contributed by atoms with Gasteiger partial charge in [-0.1, -0.05) is 34.1 Å². The average Bonchev–Trinajstić information content (AvgIpc) is 2.37. The summed E-state index contributed by atoms with van der Waals surface area (Å²) in [6.45, 7) is 0.444. The largest absolute Gasteiger partial charge is 0.489 e. The number of rotatable bonds is 4. The van der Waals surface area contributed by atoms with Crippen LogP contribution < -0.4 is 4.74 Å². The highest BCUT2D eigenvalue weighted by Crippen LogP contribution is 2.18. The lowest BCUT2D eigenvalue weighted by Crippen LogP contribution is -1.96. The first kappa shape index (κ1) is 13.1. The van der Waals surface area contributed by atoms with Gasteiger partial charge < -0.3 is 4.74 Å². The van der Waals surface area contributed by atoms with Crippen molar-refractivity contribution in [2.45, 2.75) is 6.61 Å². The molecule has 2 rings (SSSR count). The van der Waals surface area contributed by atoms with Gasteiger partial charge in [0.15, 0.2) is 0 Å². The molecule has 0 amide bonds. The van der Waals surface area contributed by atoms with Gasteiger partial charge in [0.05, 0.1) is 0 Å². The first-order valence-electron chi connectivity index (χ1n) is 5.32. The third kappa shape index (κ3) is 3.59. The topological polar surface area (TPSA) is 26.3 Å². The maximum absolute atomic E-state index is 11.0. The van der Waals surface area contributed by atoms with Crippen molar-refractivity contribution in [2.24, 2.45) is 0 Å². The minimum Gasteiger partial charge on any atom is -0.489 e. The van der Waals surface area contributed by atoms with E-state index in [0.29, 0.717) is 17.9 Å². The van der Waals surface area contributed by atoms with E-state index >= 15 is 0 Å². The minimum absolute atomic E-state index is 0.434. The Kier molecular flexibility index (Phi) is 4.39. The Morgan fingerprint density at radius 1 is 1.17 bits per heavy atom. The molecule has 2 nitrogen and oxygen atoms in total. The van der Waals surface area contributed by atoms with E-state index in [1.807, 2.05) is 24.3 Å². The molecule has 0 aliphatic heterocycles. The Hall–Kier alpha value is -1.32. The highest BCUT2D eigenvalue weighted by Gasteiger charge is 2.03. The Balaban J connectivity index is 2.06. The second-order valence-corrected chi connectivity index (χ2v) is 4.98. The van der Waals surface area contributed by atoms with Gasteiger partial charge in [0, 0.05) is 10.0 Å².